The fraction of sp³-hybridized carbons (Fsp3) is 0.125. The molecule has 0 spiro atoms. The van der Waals surface area contributed by atoms with Crippen LogP contribution in [-0.4, -0.2) is 5.92 Å². The maximum atomic E-state index is 14.5. The van der Waals surface area contributed by atoms with Crippen molar-refractivity contribution in [3.05, 3.63) is 76.0 Å². The summed E-state index contributed by atoms with van der Waals surface area (Å²) < 4.78 is 41.5. The van der Waals surface area contributed by atoms with Gasteiger partial charge in [0.05, 0.1) is 4.48 Å². The summed E-state index contributed by atoms with van der Waals surface area (Å²) in [5, 5.41) is -0.739. The van der Waals surface area contributed by atoms with Crippen LogP contribution >= 0.6 is 39.3 Å². The highest BCUT2D eigenvalue weighted by Crippen LogP contribution is 2.50. The van der Waals surface area contributed by atoms with E-state index in [1.807, 2.05) is 0 Å². The van der Waals surface area contributed by atoms with Crippen molar-refractivity contribution in [2.45, 2.75) is 16.1 Å². The van der Waals surface area contributed by atoms with Crippen molar-refractivity contribution < 1.29 is 13.2 Å². The molecule has 0 radical (unpaired) electrons. The molecule has 0 saturated carbocycles. The lowest BCUT2D eigenvalue weighted by Gasteiger charge is -2.26. The lowest BCUT2D eigenvalue weighted by molar-refractivity contribution is 0.0493. The van der Waals surface area contributed by atoms with Gasteiger partial charge < -0.3 is 0 Å². The number of allylic oxidation sites excluding steroid dienone is 1. The predicted molar refractivity (Wildman–Crippen MR) is 89.5 cm³/mol. The zero-order valence-corrected chi connectivity index (χ0v) is 14.4. The first kappa shape index (κ1) is 17.4. The summed E-state index contributed by atoms with van der Waals surface area (Å²) in [4.78, 5) is 0.537. The Morgan fingerprint density at radius 1 is 1.09 bits per heavy atom. The SMILES string of the molecule is C=C(Br)C(F)(F)C(Sc1ccc(F)cc1)c1ccc(Cl)cc1. The lowest BCUT2D eigenvalue weighted by atomic mass is 10.1. The zero-order valence-electron chi connectivity index (χ0n) is 11.2. The standard InChI is InChI=1S/C16H11BrClF3S/c1-10(17)16(20,21)15(11-2-4-12(18)5-3-11)22-14-8-6-13(19)7-9-14/h2-9,15H,1H2. The van der Waals surface area contributed by atoms with Gasteiger partial charge in [0, 0.05) is 9.92 Å². The van der Waals surface area contributed by atoms with E-state index in [9.17, 15) is 13.2 Å². The molecule has 0 nitrogen and oxygen atoms in total. The minimum Gasteiger partial charge on any atom is -0.207 e. The average Bonchev–Trinajstić information content (AvgIpc) is 2.47. The summed E-state index contributed by atoms with van der Waals surface area (Å²) in [6.45, 7) is 3.31. The van der Waals surface area contributed by atoms with Crippen LogP contribution in [0.2, 0.25) is 5.02 Å². The van der Waals surface area contributed by atoms with E-state index in [1.54, 1.807) is 24.3 Å². The third-order valence-electron chi connectivity index (χ3n) is 2.93. The van der Waals surface area contributed by atoms with Gasteiger partial charge >= 0.3 is 0 Å². The molecule has 1 atom stereocenters. The zero-order chi connectivity index (χ0) is 16.3. The summed E-state index contributed by atoms with van der Waals surface area (Å²) in [5.74, 6) is -3.60. The second-order valence-corrected chi connectivity index (χ2v) is 7.10. The number of benzene rings is 2. The van der Waals surface area contributed by atoms with Crippen LogP contribution in [0, 0.1) is 5.82 Å². The molecule has 116 valence electrons. The highest BCUT2D eigenvalue weighted by atomic mass is 79.9. The van der Waals surface area contributed by atoms with Gasteiger partial charge in [-0.2, -0.15) is 8.78 Å². The second kappa shape index (κ2) is 7.11. The molecule has 2 aromatic carbocycles. The molecule has 22 heavy (non-hydrogen) atoms. The van der Waals surface area contributed by atoms with Crippen LogP contribution in [0.4, 0.5) is 13.2 Å². The van der Waals surface area contributed by atoms with Gasteiger partial charge in [0.2, 0.25) is 0 Å². The van der Waals surface area contributed by atoms with Gasteiger partial charge in [-0.25, -0.2) is 4.39 Å². The van der Waals surface area contributed by atoms with Crippen LogP contribution in [0.25, 0.3) is 0 Å². The number of rotatable bonds is 5. The minimum atomic E-state index is -3.19. The van der Waals surface area contributed by atoms with Crippen LogP contribution in [0.1, 0.15) is 10.8 Å². The topological polar surface area (TPSA) is 0 Å². The molecule has 0 aliphatic carbocycles. The Labute approximate surface area is 144 Å². The van der Waals surface area contributed by atoms with Crippen LogP contribution in [0.5, 0.6) is 0 Å². The highest BCUT2D eigenvalue weighted by Gasteiger charge is 2.43. The van der Waals surface area contributed by atoms with E-state index in [0.29, 0.717) is 15.5 Å². The van der Waals surface area contributed by atoms with E-state index in [1.165, 1.54) is 24.3 Å². The molecule has 0 aliphatic rings. The summed E-state index contributed by atoms with van der Waals surface area (Å²) >= 11 is 9.54. The Morgan fingerprint density at radius 2 is 1.64 bits per heavy atom. The summed E-state index contributed by atoms with van der Waals surface area (Å²) in [6, 6.07) is 11.6. The lowest BCUT2D eigenvalue weighted by Crippen LogP contribution is -2.24. The molecule has 0 aliphatic heterocycles. The first-order chi connectivity index (χ1) is 10.3. The van der Waals surface area contributed by atoms with E-state index in [4.69, 9.17) is 11.6 Å². The molecule has 1 unspecified atom stereocenters. The highest BCUT2D eigenvalue weighted by molar-refractivity contribution is 9.11. The van der Waals surface area contributed by atoms with Gasteiger partial charge in [0.25, 0.3) is 5.92 Å². The van der Waals surface area contributed by atoms with Crippen LogP contribution in [-0.2, 0) is 0 Å². The third kappa shape index (κ3) is 4.09. The normalized spacial score (nSPS) is 13.0. The van der Waals surface area contributed by atoms with Gasteiger partial charge in [0.15, 0.2) is 0 Å². The van der Waals surface area contributed by atoms with E-state index >= 15 is 0 Å². The van der Waals surface area contributed by atoms with E-state index in [0.717, 1.165) is 11.8 Å². The molecule has 2 aromatic rings. The Kier molecular flexibility index (Phi) is 5.64. The van der Waals surface area contributed by atoms with E-state index < -0.39 is 21.5 Å². The Morgan fingerprint density at radius 3 is 2.14 bits per heavy atom. The third-order valence-corrected chi connectivity index (χ3v) is 5.06. The molecule has 0 bridgehead atoms. The number of hydrogen-bond acceptors (Lipinski definition) is 1. The summed E-state index contributed by atoms with van der Waals surface area (Å²) in [6.07, 6.45) is 0. The summed E-state index contributed by atoms with van der Waals surface area (Å²) in [5.41, 5.74) is 0.407. The fourth-order valence-corrected chi connectivity index (χ4v) is 3.44. The van der Waals surface area contributed by atoms with Gasteiger partial charge in [0.1, 0.15) is 11.1 Å². The van der Waals surface area contributed by atoms with Gasteiger partial charge in [-0.15, -0.1) is 11.8 Å². The molecule has 0 fully saturated rings. The van der Waals surface area contributed by atoms with Crippen molar-refractivity contribution in [2.24, 2.45) is 0 Å². The Bertz CT molecular complexity index is 656. The molecule has 0 saturated heterocycles. The maximum absolute atomic E-state index is 14.5. The second-order valence-electron chi connectivity index (χ2n) is 4.53. The van der Waals surface area contributed by atoms with Crippen molar-refractivity contribution in [3.8, 4) is 0 Å². The number of hydrogen-bond donors (Lipinski definition) is 0. The van der Waals surface area contributed by atoms with Crippen molar-refractivity contribution in [1.29, 1.82) is 0 Å². The molecule has 0 aromatic heterocycles. The molecule has 0 amide bonds. The Hall–Kier alpha value is -0.910. The van der Waals surface area contributed by atoms with Gasteiger partial charge in [-0.3, -0.25) is 0 Å². The van der Waals surface area contributed by atoms with Crippen LogP contribution < -0.4 is 0 Å². The van der Waals surface area contributed by atoms with Crippen molar-refractivity contribution in [2.75, 3.05) is 0 Å². The molecule has 0 N–H and O–H groups in total. The Balaban J connectivity index is 2.39. The quantitative estimate of drug-likeness (QED) is 0.488. The van der Waals surface area contributed by atoms with Gasteiger partial charge in [-0.1, -0.05) is 30.3 Å². The van der Waals surface area contributed by atoms with Crippen molar-refractivity contribution >= 4 is 39.3 Å². The van der Waals surface area contributed by atoms with Crippen LogP contribution in [0.3, 0.4) is 0 Å². The minimum absolute atomic E-state index is 0.407. The smallest absolute Gasteiger partial charge is 0.207 e. The molecule has 0 heterocycles. The fourth-order valence-electron chi connectivity index (χ4n) is 1.78. The maximum Gasteiger partial charge on any atom is 0.294 e. The predicted octanol–water partition coefficient (Wildman–Crippen LogP) is 6.86. The van der Waals surface area contributed by atoms with Crippen LogP contribution in [0.15, 0.2) is 64.5 Å². The first-order valence-corrected chi connectivity index (χ1v) is 8.26. The van der Waals surface area contributed by atoms with E-state index in [2.05, 4.69) is 22.5 Å². The first-order valence-electron chi connectivity index (χ1n) is 6.21. The number of thioether (sulfide) groups is 1. The summed E-state index contributed by atoms with van der Waals surface area (Å²) in [7, 11) is 0. The molecular formula is C16H11BrClF3S. The molecule has 2 rings (SSSR count). The number of alkyl halides is 2. The monoisotopic (exact) mass is 406 g/mol. The van der Waals surface area contributed by atoms with Gasteiger partial charge in [-0.05, 0) is 57.9 Å². The van der Waals surface area contributed by atoms with Crippen molar-refractivity contribution in [3.63, 3.8) is 0 Å². The van der Waals surface area contributed by atoms with Crippen molar-refractivity contribution in [1.82, 2.24) is 0 Å². The van der Waals surface area contributed by atoms with E-state index in [-0.39, 0.29) is 0 Å². The largest absolute Gasteiger partial charge is 0.294 e. The molecule has 6 heteroatoms. The molecular weight excluding hydrogens is 397 g/mol. The number of halogens is 5. The average molecular weight is 408 g/mol.